The van der Waals surface area contributed by atoms with Crippen LogP contribution in [0.2, 0.25) is 0 Å². The Bertz CT molecular complexity index is 680. The van der Waals surface area contributed by atoms with Crippen LogP contribution in [-0.2, 0) is 22.3 Å². The zero-order chi connectivity index (χ0) is 14.6. The summed E-state index contributed by atoms with van der Waals surface area (Å²) in [5, 5.41) is 16.8. The molecule has 1 aromatic carbocycles. The van der Waals surface area contributed by atoms with Crippen molar-refractivity contribution in [1.82, 2.24) is 14.9 Å². The molecule has 1 heterocycles. The number of nitrogens with zero attached hydrogens (tertiary/aromatic N) is 2. The fraction of sp³-hybridized carbons (Fsp3) is 0.182. The predicted molar refractivity (Wildman–Crippen MR) is 71.1 cm³/mol. The summed E-state index contributed by atoms with van der Waals surface area (Å²) in [6, 6.07) is 5.41. The molecular weight excluding hydrogens is 284 g/mol. The Kier molecular flexibility index (Phi) is 4.11. The quantitative estimate of drug-likeness (QED) is 0.607. The molecule has 0 saturated heterocycles. The number of H-pyrrole nitrogens is 1. The van der Waals surface area contributed by atoms with Crippen molar-refractivity contribution in [3.8, 4) is 0 Å². The van der Waals surface area contributed by atoms with E-state index in [4.69, 9.17) is 0 Å². The molecule has 0 radical (unpaired) electrons. The maximum atomic E-state index is 11.8. The van der Waals surface area contributed by atoms with Crippen LogP contribution in [0.3, 0.4) is 0 Å². The number of nitro benzene ring substituents is 1. The molecule has 8 nitrogen and oxygen atoms in total. The lowest BCUT2D eigenvalue weighted by Gasteiger charge is -2.05. The van der Waals surface area contributed by atoms with Crippen LogP contribution in [0.25, 0.3) is 0 Å². The van der Waals surface area contributed by atoms with Crippen LogP contribution in [0.4, 0.5) is 5.69 Å². The topological polar surface area (TPSA) is 118 Å². The number of nitro groups is 1. The third-order valence-electron chi connectivity index (χ3n) is 2.55. The Morgan fingerprint density at radius 3 is 2.50 bits per heavy atom. The molecule has 106 valence electrons. The summed E-state index contributed by atoms with van der Waals surface area (Å²) < 4.78 is 26.1. The molecular formula is C11H12N4O4S. The van der Waals surface area contributed by atoms with Crippen LogP contribution in [0, 0.1) is 10.1 Å². The lowest BCUT2D eigenvalue weighted by atomic mass is 10.2. The number of nitrogens with one attached hydrogen (secondary N) is 2. The second kappa shape index (κ2) is 5.80. The van der Waals surface area contributed by atoms with Crippen molar-refractivity contribution in [3.05, 3.63) is 57.9 Å². The van der Waals surface area contributed by atoms with Crippen molar-refractivity contribution < 1.29 is 13.3 Å². The van der Waals surface area contributed by atoms with Crippen molar-refractivity contribution in [2.75, 3.05) is 0 Å². The molecule has 0 unspecified atom stereocenters. The first-order valence-corrected chi connectivity index (χ1v) is 7.30. The number of hydrogen-bond acceptors (Lipinski definition) is 5. The number of aromatic nitrogens is 2. The highest BCUT2D eigenvalue weighted by molar-refractivity contribution is 7.88. The predicted octanol–water partition coefficient (Wildman–Crippen LogP) is 0.937. The monoisotopic (exact) mass is 296 g/mol. The number of sulfonamides is 1. The highest BCUT2D eigenvalue weighted by Crippen LogP contribution is 2.13. The van der Waals surface area contributed by atoms with Gasteiger partial charge in [0.05, 0.1) is 16.9 Å². The second-order valence-corrected chi connectivity index (χ2v) is 5.92. The molecule has 1 aromatic heterocycles. The summed E-state index contributed by atoms with van der Waals surface area (Å²) in [6.07, 6.45) is 3.11. The van der Waals surface area contributed by atoms with Gasteiger partial charge in [-0.05, 0) is 5.56 Å². The van der Waals surface area contributed by atoms with E-state index in [0.29, 0.717) is 5.56 Å². The van der Waals surface area contributed by atoms with Gasteiger partial charge in [-0.2, -0.15) is 5.10 Å². The van der Waals surface area contributed by atoms with Crippen molar-refractivity contribution in [2.45, 2.75) is 12.3 Å². The first kappa shape index (κ1) is 14.2. The van der Waals surface area contributed by atoms with Gasteiger partial charge in [-0.15, -0.1) is 0 Å². The van der Waals surface area contributed by atoms with Gasteiger partial charge in [0.25, 0.3) is 5.69 Å². The van der Waals surface area contributed by atoms with E-state index in [1.807, 2.05) is 0 Å². The molecule has 0 aliphatic carbocycles. The largest absolute Gasteiger partial charge is 0.285 e. The molecule has 2 aromatic rings. The number of aromatic amines is 1. The summed E-state index contributed by atoms with van der Waals surface area (Å²) >= 11 is 0. The third-order valence-corrected chi connectivity index (χ3v) is 3.85. The number of rotatable bonds is 6. The van der Waals surface area contributed by atoms with E-state index in [2.05, 4.69) is 14.9 Å². The Hall–Kier alpha value is -2.26. The van der Waals surface area contributed by atoms with Gasteiger partial charge >= 0.3 is 0 Å². The SMILES string of the molecule is O=[N+]([O-])c1ccc(CS(=O)(=O)NCc2cn[nH]c2)cc1. The van der Waals surface area contributed by atoms with Crippen LogP contribution in [0.1, 0.15) is 11.1 Å². The van der Waals surface area contributed by atoms with Crippen molar-refractivity contribution in [3.63, 3.8) is 0 Å². The summed E-state index contributed by atoms with van der Waals surface area (Å²) in [5.41, 5.74) is 1.13. The number of hydrogen-bond donors (Lipinski definition) is 2. The van der Waals surface area contributed by atoms with Crippen molar-refractivity contribution in [1.29, 1.82) is 0 Å². The highest BCUT2D eigenvalue weighted by atomic mass is 32.2. The number of benzene rings is 1. The third kappa shape index (κ3) is 3.87. The minimum Gasteiger partial charge on any atom is -0.285 e. The molecule has 0 saturated carbocycles. The lowest BCUT2D eigenvalue weighted by molar-refractivity contribution is -0.384. The Morgan fingerprint density at radius 2 is 1.95 bits per heavy atom. The van der Waals surface area contributed by atoms with Gasteiger partial charge in [-0.25, -0.2) is 13.1 Å². The van der Waals surface area contributed by atoms with Gasteiger partial charge in [0.2, 0.25) is 10.0 Å². The number of non-ortho nitro benzene ring substituents is 1. The summed E-state index contributed by atoms with van der Waals surface area (Å²) in [6.45, 7) is 0.145. The Balaban J connectivity index is 1.98. The molecule has 0 aliphatic rings. The van der Waals surface area contributed by atoms with Crippen LogP contribution < -0.4 is 4.72 Å². The zero-order valence-electron chi connectivity index (χ0n) is 10.3. The maximum Gasteiger partial charge on any atom is 0.269 e. The molecule has 20 heavy (non-hydrogen) atoms. The first-order chi connectivity index (χ1) is 9.46. The van der Waals surface area contributed by atoms with Gasteiger partial charge < -0.3 is 0 Å². The molecule has 0 atom stereocenters. The molecule has 0 fully saturated rings. The van der Waals surface area contributed by atoms with E-state index >= 15 is 0 Å². The summed E-state index contributed by atoms with van der Waals surface area (Å²) in [5.74, 6) is -0.233. The molecule has 9 heteroatoms. The Morgan fingerprint density at radius 1 is 1.25 bits per heavy atom. The standard InChI is InChI=1S/C11H12N4O4S/c16-15(17)11-3-1-9(2-4-11)8-20(18,19)14-7-10-5-12-13-6-10/h1-6,14H,7-8H2,(H,12,13). The minimum absolute atomic E-state index is 0.0718. The maximum absolute atomic E-state index is 11.8. The van der Waals surface area contributed by atoms with E-state index in [-0.39, 0.29) is 18.0 Å². The highest BCUT2D eigenvalue weighted by Gasteiger charge is 2.13. The van der Waals surface area contributed by atoms with Gasteiger partial charge in [0.1, 0.15) is 0 Å². The van der Waals surface area contributed by atoms with E-state index < -0.39 is 14.9 Å². The van der Waals surface area contributed by atoms with Crippen LogP contribution in [0.5, 0.6) is 0 Å². The fourth-order valence-corrected chi connectivity index (χ4v) is 2.67. The van der Waals surface area contributed by atoms with E-state index in [0.717, 1.165) is 5.56 Å². The van der Waals surface area contributed by atoms with Crippen LogP contribution in [-0.4, -0.2) is 23.5 Å². The van der Waals surface area contributed by atoms with Crippen molar-refractivity contribution in [2.24, 2.45) is 0 Å². The average molecular weight is 296 g/mol. The molecule has 2 rings (SSSR count). The van der Waals surface area contributed by atoms with Gasteiger partial charge in [0.15, 0.2) is 0 Å². The van der Waals surface area contributed by atoms with Crippen molar-refractivity contribution >= 4 is 15.7 Å². The zero-order valence-corrected chi connectivity index (χ0v) is 11.1. The molecule has 0 spiro atoms. The van der Waals surface area contributed by atoms with Gasteiger partial charge in [-0.1, -0.05) is 12.1 Å². The van der Waals surface area contributed by atoms with Crippen LogP contribution >= 0.6 is 0 Å². The van der Waals surface area contributed by atoms with Gasteiger partial charge in [0, 0.05) is 30.4 Å². The Labute approximate surface area is 115 Å². The normalized spacial score (nSPS) is 11.4. The molecule has 0 aliphatic heterocycles. The van der Waals surface area contributed by atoms with Gasteiger partial charge in [-0.3, -0.25) is 15.2 Å². The van der Waals surface area contributed by atoms with Crippen LogP contribution in [0.15, 0.2) is 36.7 Å². The molecule has 0 amide bonds. The van der Waals surface area contributed by atoms with E-state index in [9.17, 15) is 18.5 Å². The lowest BCUT2D eigenvalue weighted by Crippen LogP contribution is -2.24. The summed E-state index contributed by atoms with van der Waals surface area (Å²) in [7, 11) is -3.51. The molecule has 2 N–H and O–H groups in total. The molecule has 0 bridgehead atoms. The smallest absolute Gasteiger partial charge is 0.269 e. The summed E-state index contributed by atoms with van der Waals surface area (Å²) in [4.78, 5) is 9.97. The minimum atomic E-state index is -3.51. The van der Waals surface area contributed by atoms with E-state index in [1.165, 1.54) is 30.5 Å². The average Bonchev–Trinajstić information content (AvgIpc) is 2.90. The second-order valence-electron chi connectivity index (χ2n) is 4.11. The van der Waals surface area contributed by atoms with E-state index in [1.54, 1.807) is 6.20 Å². The fourth-order valence-electron chi connectivity index (χ4n) is 1.55. The first-order valence-electron chi connectivity index (χ1n) is 5.64.